The molecular weight excluding hydrogens is 350 g/mol. The van der Waals surface area contributed by atoms with Gasteiger partial charge >= 0.3 is 0 Å². The summed E-state index contributed by atoms with van der Waals surface area (Å²) in [6, 6.07) is 0. The van der Waals surface area contributed by atoms with Gasteiger partial charge in [0.1, 0.15) is 0 Å². The van der Waals surface area contributed by atoms with E-state index in [1.54, 1.807) is 11.8 Å². The Labute approximate surface area is 153 Å². The van der Waals surface area contributed by atoms with E-state index in [1.807, 2.05) is 29.2 Å². The van der Waals surface area contributed by atoms with E-state index < -0.39 is 0 Å². The fourth-order valence-electron chi connectivity index (χ4n) is 2.56. The number of thiazole rings is 1. The third kappa shape index (κ3) is 5.70. The smallest absolute Gasteiger partial charge is 0.236 e. The first-order valence-electron chi connectivity index (χ1n) is 7.90. The third-order valence-corrected chi connectivity index (χ3v) is 4.69. The Bertz CT molecular complexity index is 548. The second kappa shape index (κ2) is 9.93. The molecule has 2 heterocycles. The molecule has 0 unspecified atom stereocenters. The summed E-state index contributed by atoms with van der Waals surface area (Å²) in [5.74, 6) is 0.152. The number of aromatic nitrogens is 1. The lowest BCUT2D eigenvalue weighted by atomic mass is 10.3. The van der Waals surface area contributed by atoms with Crippen LogP contribution in [0.4, 0.5) is 5.13 Å². The van der Waals surface area contributed by atoms with Crippen LogP contribution in [0.25, 0.3) is 0 Å². The van der Waals surface area contributed by atoms with E-state index in [0.29, 0.717) is 19.6 Å². The van der Waals surface area contributed by atoms with Crippen molar-refractivity contribution < 1.29 is 9.59 Å². The number of piperazine rings is 1. The van der Waals surface area contributed by atoms with Crippen LogP contribution in [-0.2, 0) is 16.1 Å². The molecule has 1 aromatic heterocycles. The van der Waals surface area contributed by atoms with Crippen molar-refractivity contribution in [2.24, 2.45) is 0 Å². The molecule has 0 saturated carbocycles. The van der Waals surface area contributed by atoms with Gasteiger partial charge in [-0.2, -0.15) is 0 Å². The zero-order valence-corrected chi connectivity index (χ0v) is 16.1. The molecule has 0 bridgehead atoms. The highest BCUT2D eigenvalue weighted by atomic mass is 35.5. The van der Waals surface area contributed by atoms with Crippen LogP contribution in [-0.4, -0.2) is 72.9 Å². The zero-order chi connectivity index (χ0) is 16.8. The number of nitrogens with one attached hydrogen (secondary N) is 1. The van der Waals surface area contributed by atoms with Gasteiger partial charge in [-0.3, -0.25) is 19.4 Å². The molecule has 1 aliphatic heterocycles. The summed E-state index contributed by atoms with van der Waals surface area (Å²) in [5.41, 5.74) is 0.889. The normalized spacial score (nSPS) is 14.4. The van der Waals surface area contributed by atoms with Gasteiger partial charge in [0.2, 0.25) is 11.8 Å². The average Bonchev–Trinajstić information content (AvgIpc) is 2.96. The second-order valence-electron chi connectivity index (χ2n) is 5.69. The molecule has 1 N–H and O–H groups in total. The molecule has 0 radical (unpaired) electrons. The number of likely N-dealkylation sites (N-methyl/N-ethyl adjacent to an activating group) is 1. The maximum atomic E-state index is 12.2. The number of anilines is 1. The Morgan fingerprint density at radius 1 is 1.38 bits per heavy atom. The largest absolute Gasteiger partial charge is 0.339 e. The summed E-state index contributed by atoms with van der Waals surface area (Å²) in [4.78, 5) is 33.8. The van der Waals surface area contributed by atoms with Crippen molar-refractivity contribution in [3.05, 3.63) is 11.1 Å². The van der Waals surface area contributed by atoms with E-state index in [9.17, 15) is 9.59 Å². The average molecular weight is 376 g/mol. The quantitative estimate of drug-likeness (QED) is 0.796. The van der Waals surface area contributed by atoms with Crippen molar-refractivity contribution in [1.82, 2.24) is 20.1 Å². The molecule has 0 aromatic carbocycles. The second-order valence-corrected chi connectivity index (χ2v) is 6.52. The van der Waals surface area contributed by atoms with E-state index in [-0.39, 0.29) is 24.2 Å². The van der Waals surface area contributed by atoms with Gasteiger partial charge in [0, 0.05) is 51.6 Å². The van der Waals surface area contributed by atoms with Gasteiger partial charge < -0.3 is 10.2 Å². The Kier molecular flexibility index (Phi) is 8.61. The predicted molar refractivity (Wildman–Crippen MR) is 98.8 cm³/mol. The van der Waals surface area contributed by atoms with Crippen molar-refractivity contribution in [1.29, 1.82) is 0 Å². The van der Waals surface area contributed by atoms with Gasteiger partial charge in [-0.05, 0) is 14.0 Å². The Balaban J connectivity index is 0.00000288. The zero-order valence-electron chi connectivity index (χ0n) is 14.4. The summed E-state index contributed by atoms with van der Waals surface area (Å²) in [7, 11) is 1.92. The van der Waals surface area contributed by atoms with Crippen LogP contribution in [0.15, 0.2) is 5.38 Å². The maximum Gasteiger partial charge on any atom is 0.236 e. The van der Waals surface area contributed by atoms with Crippen molar-refractivity contribution >= 4 is 40.7 Å². The van der Waals surface area contributed by atoms with Gasteiger partial charge in [0.05, 0.1) is 12.2 Å². The van der Waals surface area contributed by atoms with Gasteiger partial charge in [-0.15, -0.1) is 23.7 Å². The lowest BCUT2D eigenvalue weighted by Crippen LogP contribution is -2.49. The van der Waals surface area contributed by atoms with Crippen LogP contribution in [0.3, 0.4) is 0 Å². The number of hydrogen-bond acceptors (Lipinski definition) is 6. The number of hydrogen-bond donors (Lipinski definition) is 1. The lowest BCUT2D eigenvalue weighted by molar-refractivity contribution is -0.132. The summed E-state index contributed by atoms with van der Waals surface area (Å²) in [5, 5.41) is 5.91. The molecule has 0 aliphatic carbocycles. The topological polar surface area (TPSA) is 68.8 Å². The highest BCUT2D eigenvalue weighted by Gasteiger charge is 2.19. The number of amides is 2. The molecule has 2 amide bonds. The molecule has 2 rings (SSSR count). The molecule has 1 fully saturated rings. The predicted octanol–water partition coefficient (Wildman–Crippen LogP) is 0.801. The van der Waals surface area contributed by atoms with Crippen molar-refractivity contribution in [2.45, 2.75) is 20.4 Å². The number of carbonyl (C=O) groups excluding carboxylic acids is 2. The van der Waals surface area contributed by atoms with Gasteiger partial charge in [0.25, 0.3) is 0 Å². The molecule has 0 atom stereocenters. The van der Waals surface area contributed by atoms with E-state index in [4.69, 9.17) is 0 Å². The number of halogens is 1. The van der Waals surface area contributed by atoms with Crippen molar-refractivity contribution in [2.75, 3.05) is 51.2 Å². The standard InChI is InChI=1S/C15H25N5O2S.ClH/c1-4-20(12(2)21)15-17-13(11-23-15)9-18(3)10-14(22)19-7-5-16-6-8-19;/h11,16H,4-10H2,1-3H3;1H. The molecule has 136 valence electrons. The van der Waals surface area contributed by atoms with E-state index in [0.717, 1.165) is 37.0 Å². The first kappa shape index (κ1) is 20.8. The molecule has 1 saturated heterocycles. The molecule has 0 spiro atoms. The van der Waals surface area contributed by atoms with E-state index >= 15 is 0 Å². The monoisotopic (exact) mass is 375 g/mol. The van der Waals surface area contributed by atoms with Gasteiger partial charge in [0.15, 0.2) is 5.13 Å². The van der Waals surface area contributed by atoms with E-state index in [2.05, 4.69) is 10.3 Å². The molecule has 9 heteroatoms. The Hall–Kier alpha value is -1.22. The van der Waals surface area contributed by atoms with Crippen LogP contribution in [0.2, 0.25) is 0 Å². The Morgan fingerprint density at radius 3 is 2.62 bits per heavy atom. The van der Waals surface area contributed by atoms with Crippen molar-refractivity contribution in [3.63, 3.8) is 0 Å². The molecule has 1 aliphatic rings. The SMILES string of the molecule is CCN(C(C)=O)c1nc(CN(C)CC(=O)N2CCNCC2)cs1.Cl. The van der Waals surface area contributed by atoms with Gasteiger partial charge in [-0.25, -0.2) is 4.98 Å². The highest BCUT2D eigenvalue weighted by Crippen LogP contribution is 2.21. The summed E-state index contributed by atoms with van der Waals surface area (Å²) < 4.78 is 0. The third-order valence-electron chi connectivity index (χ3n) is 3.77. The maximum absolute atomic E-state index is 12.2. The summed E-state index contributed by atoms with van der Waals surface area (Å²) in [6.07, 6.45) is 0. The molecular formula is C15H26ClN5O2S. The molecule has 7 nitrogen and oxygen atoms in total. The minimum atomic E-state index is -0.00404. The van der Waals surface area contributed by atoms with Gasteiger partial charge in [-0.1, -0.05) is 0 Å². The number of nitrogens with zero attached hydrogens (tertiary/aromatic N) is 4. The number of rotatable bonds is 6. The van der Waals surface area contributed by atoms with Crippen LogP contribution >= 0.6 is 23.7 Å². The lowest BCUT2D eigenvalue weighted by Gasteiger charge is -2.29. The fourth-order valence-corrected chi connectivity index (χ4v) is 3.49. The fraction of sp³-hybridized carbons (Fsp3) is 0.667. The van der Waals surface area contributed by atoms with Crippen LogP contribution in [0, 0.1) is 0 Å². The minimum Gasteiger partial charge on any atom is -0.339 e. The van der Waals surface area contributed by atoms with Crippen molar-refractivity contribution in [3.8, 4) is 0 Å². The summed E-state index contributed by atoms with van der Waals surface area (Å²) in [6.45, 7) is 8.35. The first-order chi connectivity index (χ1) is 11.0. The molecule has 24 heavy (non-hydrogen) atoms. The van der Waals surface area contributed by atoms with E-state index in [1.165, 1.54) is 11.3 Å². The first-order valence-corrected chi connectivity index (χ1v) is 8.78. The number of carbonyl (C=O) groups is 2. The van der Waals surface area contributed by atoms with Crippen LogP contribution in [0.1, 0.15) is 19.5 Å². The minimum absolute atomic E-state index is 0. The highest BCUT2D eigenvalue weighted by molar-refractivity contribution is 7.14. The molecule has 1 aromatic rings. The Morgan fingerprint density at radius 2 is 2.04 bits per heavy atom. The summed E-state index contributed by atoms with van der Waals surface area (Å²) >= 11 is 1.46. The van der Waals surface area contributed by atoms with Crippen LogP contribution in [0.5, 0.6) is 0 Å². The van der Waals surface area contributed by atoms with Crippen LogP contribution < -0.4 is 10.2 Å².